The van der Waals surface area contributed by atoms with Crippen LogP contribution in [0.25, 0.3) is 0 Å². The normalized spacial score (nSPS) is 15.2. The molecule has 0 amide bonds. The van der Waals surface area contributed by atoms with E-state index < -0.39 is 0 Å². The molecule has 86 valence electrons. The Morgan fingerprint density at radius 1 is 1.60 bits per heavy atom. The van der Waals surface area contributed by atoms with Crippen molar-refractivity contribution >= 4 is 11.8 Å². The lowest BCUT2D eigenvalue weighted by Crippen LogP contribution is -2.36. The SMILES string of the molecule is CSC(CO)C(C)NCc1ccn(C)c1. The number of aliphatic hydroxyl groups is 1. The average Bonchev–Trinajstić information content (AvgIpc) is 2.63. The first kappa shape index (κ1) is 12.6. The number of hydrogen-bond donors (Lipinski definition) is 2. The third-order valence-corrected chi connectivity index (χ3v) is 3.72. The van der Waals surface area contributed by atoms with Crippen LogP contribution < -0.4 is 5.32 Å². The second-order valence-electron chi connectivity index (χ2n) is 3.81. The Bertz CT molecular complexity index is 284. The number of rotatable bonds is 6. The van der Waals surface area contributed by atoms with Gasteiger partial charge in [-0.2, -0.15) is 11.8 Å². The van der Waals surface area contributed by atoms with Gasteiger partial charge >= 0.3 is 0 Å². The monoisotopic (exact) mass is 228 g/mol. The highest BCUT2D eigenvalue weighted by Gasteiger charge is 2.14. The number of aliphatic hydroxyl groups excluding tert-OH is 1. The molecule has 0 aliphatic carbocycles. The van der Waals surface area contributed by atoms with Crippen molar-refractivity contribution in [3.63, 3.8) is 0 Å². The van der Waals surface area contributed by atoms with E-state index in [1.54, 1.807) is 11.8 Å². The van der Waals surface area contributed by atoms with Crippen LogP contribution in [-0.2, 0) is 13.6 Å². The molecule has 0 aliphatic rings. The van der Waals surface area contributed by atoms with Crippen molar-refractivity contribution in [2.24, 2.45) is 7.05 Å². The van der Waals surface area contributed by atoms with Gasteiger partial charge in [0.05, 0.1) is 6.61 Å². The molecule has 0 aliphatic heterocycles. The molecular formula is C11H20N2OS. The van der Waals surface area contributed by atoms with Crippen molar-refractivity contribution in [2.45, 2.75) is 24.8 Å². The van der Waals surface area contributed by atoms with Crippen LogP contribution in [0.2, 0.25) is 0 Å². The van der Waals surface area contributed by atoms with Gasteiger partial charge < -0.3 is 15.0 Å². The van der Waals surface area contributed by atoms with Gasteiger partial charge in [-0.3, -0.25) is 0 Å². The van der Waals surface area contributed by atoms with Gasteiger partial charge in [0.25, 0.3) is 0 Å². The highest BCUT2D eigenvalue weighted by molar-refractivity contribution is 7.99. The average molecular weight is 228 g/mol. The summed E-state index contributed by atoms with van der Waals surface area (Å²) in [5.41, 5.74) is 1.28. The Hall–Kier alpha value is -0.450. The van der Waals surface area contributed by atoms with Gasteiger partial charge in [0.2, 0.25) is 0 Å². The van der Waals surface area contributed by atoms with Crippen molar-refractivity contribution < 1.29 is 5.11 Å². The van der Waals surface area contributed by atoms with Crippen LogP contribution in [0.1, 0.15) is 12.5 Å². The number of aromatic nitrogens is 1. The smallest absolute Gasteiger partial charge is 0.0564 e. The van der Waals surface area contributed by atoms with Crippen molar-refractivity contribution in [3.8, 4) is 0 Å². The quantitative estimate of drug-likeness (QED) is 0.769. The Morgan fingerprint density at radius 2 is 2.33 bits per heavy atom. The van der Waals surface area contributed by atoms with E-state index in [1.807, 2.05) is 24.1 Å². The molecule has 2 N–H and O–H groups in total. The third kappa shape index (κ3) is 3.89. The van der Waals surface area contributed by atoms with Crippen molar-refractivity contribution in [3.05, 3.63) is 24.0 Å². The van der Waals surface area contributed by atoms with Crippen LogP contribution in [0, 0.1) is 0 Å². The Balaban J connectivity index is 2.36. The first-order chi connectivity index (χ1) is 7.17. The molecule has 1 heterocycles. The number of nitrogens with one attached hydrogen (secondary N) is 1. The second kappa shape index (κ2) is 6.20. The van der Waals surface area contributed by atoms with E-state index in [9.17, 15) is 0 Å². The lowest BCUT2D eigenvalue weighted by atomic mass is 10.2. The molecule has 15 heavy (non-hydrogen) atoms. The minimum absolute atomic E-state index is 0.226. The zero-order chi connectivity index (χ0) is 11.3. The Labute approximate surface area is 95.9 Å². The Morgan fingerprint density at radius 3 is 2.80 bits per heavy atom. The van der Waals surface area contributed by atoms with Gasteiger partial charge in [-0.1, -0.05) is 0 Å². The van der Waals surface area contributed by atoms with Gasteiger partial charge in [-0.25, -0.2) is 0 Å². The minimum Gasteiger partial charge on any atom is -0.395 e. The molecule has 0 saturated carbocycles. The summed E-state index contributed by atoms with van der Waals surface area (Å²) in [6.45, 7) is 3.20. The summed E-state index contributed by atoms with van der Waals surface area (Å²) >= 11 is 1.70. The largest absolute Gasteiger partial charge is 0.395 e. The minimum atomic E-state index is 0.226. The van der Waals surface area contributed by atoms with Crippen molar-refractivity contribution in [1.29, 1.82) is 0 Å². The maximum Gasteiger partial charge on any atom is 0.0564 e. The predicted octanol–water partition coefficient (Wildman–Crippen LogP) is 1.23. The zero-order valence-corrected chi connectivity index (χ0v) is 10.4. The Kier molecular flexibility index (Phi) is 5.22. The van der Waals surface area contributed by atoms with Gasteiger partial charge in [0.1, 0.15) is 0 Å². The van der Waals surface area contributed by atoms with Crippen molar-refractivity contribution in [1.82, 2.24) is 9.88 Å². The van der Waals surface area contributed by atoms with Crippen molar-refractivity contribution in [2.75, 3.05) is 12.9 Å². The van der Waals surface area contributed by atoms with E-state index >= 15 is 0 Å². The van der Waals surface area contributed by atoms with Crippen LogP contribution >= 0.6 is 11.8 Å². The summed E-state index contributed by atoms with van der Waals surface area (Å²) in [5.74, 6) is 0. The molecule has 1 rings (SSSR count). The lowest BCUT2D eigenvalue weighted by Gasteiger charge is -2.21. The summed E-state index contributed by atoms with van der Waals surface area (Å²) in [6, 6.07) is 2.43. The molecule has 0 aromatic carbocycles. The van der Waals surface area contributed by atoms with E-state index in [-0.39, 0.29) is 11.9 Å². The number of hydrogen-bond acceptors (Lipinski definition) is 3. The van der Waals surface area contributed by atoms with Gasteiger partial charge in [0.15, 0.2) is 0 Å². The van der Waals surface area contributed by atoms with E-state index in [0.29, 0.717) is 6.04 Å². The fraction of sp³-hybridized carbons (Fsp3) is 0.636. The highest BCUT2D eigenvalue weighted by atomic mass is 32.2. The summed E-state index contributed by atoms with van der Waals surface area (Å²) in [5, 5.41) is 12.8. The summed E-state index contributed by atoms with van der Waals surface area (Å²) in [4.78, 5) is 0. The molecule has 0 bridgehead atoms. The molecule has 1 aromatic heterocycles. The molecule has 1 aromatic rings. The number of aryl methyl sites for hydroxylation is 1. The predicted molar refractivity (Wildman–Crippen MR) is 66.1 cm³/mol. The molecule has 0 saturated heterocycles. The molecule has 0 radical (unpaired) electrons. The zero-order valence-electron chi connectivity index (χ0n) is 9.60. The summed E-state index contributed by atoms with van der Waals surface area (Å²) in [7, 11) is 2.02. The third-order valence-electron chi connectivity index (χ3n) is 2.56. The molecule has 2 unspecified atom stereocenters. The summed E-state index contributed by atoms with van der Waals surface area (Å²) < 4.78 is 2.04. The van der Waals surface area contributed by atoms with Crippen LogP contribution in [0.5, 0.6) is 0 Å². The topological polar surface area (TPSA) is 37.2 Å². The fourth-order valence-corrected chi connectivity index (χ4v) is 2.17. The van der Waals surface area contributed by atoms with E-state index in [1.165, 1.54) is 5.56 Å². The molecule has 3 nitrogen and oxygen atoms in total. The first-order valence-corrected chi connectivity index (χ1v) is 6.44. The lowest BCUT2D eigenvalue weighted by molar-refractivity contribution is 0.276. The number of thioether (sulfide) groups is 1. The van der Waals surface area contributed by atoms with Gasteiger partial charge in [-0.05, 0) is 24.8 Å². The van der Waals surface area contributed by atoms with Crippen LogP contribution in [-0.4, -0.2) is 33.8 Å². The summed E-state index contributed by atoms with van der Waals surface area (Å²) in [6.07, 6.45) is 6.17. The fourth-order valence-electron chi connectivity index (χ4n) is 1.51. The number of nitrogens with zero attached hydrogens (tertiary/aromatic N) is 1. The molecule has 2 atom stereocenters. The molecule has 0 spiro atoms. The molecule has 4 heteroatoms. The van der Waals surface area contributed by atoms with E-state index in [2.05, 4.69) is 24.5 Å². The first-order valence-electron chi connectivity index (χ1n) is 5.15. The maximum atomic E-state index is 9.13. The molecule has 0 fully saturated rings. The van der Waals surface area contributed by atoms with Crippen LogP contribution in [0.4, 0.5) is 0 Å². The molecular weight excluding hydrogens is 208 g/mol. The highest BCUT2D eigenvalue weighted by Crippen LogP contribution is 2.11. The van der Waals surface area contributed by atoms with Gasteiger partial charge in [-0.15, -0.1) is 0 Å². The van der Waals surface area contributed by atoms with Gasteiger partial charge in [0, 0.05) is 37.3 Å². The maximum absolute atomic E-state index is 9.13. The van der Waals surface area contributed by atoms with Crippen LogP contribution in [0.15, 0.2) is 18.5 Å². The second-order valence-corrected chi connectivity index (χ2v) is 4.89. The van der Waals surface area contributed by atoms with Crippen LogP contribution in [0.3, 0.4) is 0 Å². The van der Waals surface area contributed by atoms with E-state index in [0.717, 1.165) is 6.54 Å². The standard InChI is InChI=1S/C11H20N2OS/c1-9(11(8-14)15-3)12-6-10-4-5-13(2)7-10/h4-5,7,9,11-12,14H,6,8H2,1-3H3. The van der Waals surface area contributed by atoms with E-state index in [4.69, 9.17) is 5.11 Å².